The number of aromatic hydroxyl groups is 1. The molecule has 0 amide bonds. The first kappa shape index (κ1) is 13.6. The van der Waals surface area contributed by atoms with E-state index < -0.39 is 0 Å². The van der Waals surface area contributed by atoms with Gasteiger partial charge in [-0.25, -0.2) is 0 Å². The molecular weight excluding hydrogens is 310 g/mol. The molecular formula is C14H11NO2S3. The number of thiophene rings is 1. The summed E-state index contributed by atoms with van der Waals surface area (Å²) in [4.78, 5) is 3.56. The van der Waals surface area contributed by atoms with E-state index in [0.717, 1.165) is 16.3 Å². The summed E-state index contributed by atoms with van der Waals surface area (Å²) < 4.78 is 2.01. The summed E-state index contributed by atoms with van der Waals surface area (Å²) >= 11 is 5.20. The smallest absolute Gasteiger partial charge is 0.386 e. The monoisotopic (exact) mass is 321 g/mol. The van der Waals surface area contributed by atoms with Gasteiger partial charge in [0.05, 0.1) is 0 Å². The fourth-order valence-electron chi connectivity index (χ4n) is 2.18. The Morgan fingerprint density at radius 2 is 1.85 bits per heavy atom. The van der Waals surface area contributed by atoms with E-state index in [4.69, 9.17) is 0 Å². The van der Waals surface area contributed by atoms with Gasteiger partial charge in [0.1, 0.15) is 4.88 Å². The van der Waals surface area contributed by atoms with E-state index in [1.54, 1.807) is 34.4 Å². The zero-order valence-corrected chi connectivity index (χ0v) is 12.8. The quantitative estimate of drug-likeness (QED) is 0.689. The Balaban J connectivity index is 0.00000121. The minimum atomic E-state index is 0. The third-order valence-corrected chi connectivity index (χ3v) is 6.57. The van der Waals surface area contributed by atoms with Crippen molar-refractivity contribution in [2.24, 2.45) is 0 Å². The third-order valence-electron chi connectivity index (χ3n) is 3.11. The van der Waals surface area contributed by atoms with E-state index in [2.05, 4.69) is 11.4 Å². The third kappa shape index (κ3) is 1.96. The second-order valence-electron chi connectivity index (χ2n) is 4.24. The highest BCUT2D eigenvalue weighted by Crippen LogP contribution is 2.46. The summed E-state index contributed by atoms with van der Waals surface area (Å²) in [6.45, 7) is 0. The molecule has 6 heteroatoms. The van der Waals surface area contributed by atoms with Crippen molar-refractivity contribution in [1.82, 2.24) is 0 Å². The summed E-state index contributed by atoms with van der Waals surface area (Å²) in [5, 5.41) is 13.7. The van der Waals surface area contributed by atoms with Crippen LogP contribution in [0.1, 0.15) is 0 Å². The lowest BCUT2D eigenvalue weighted by molar-refractivity contribution is -0.667. The van der Waals surface area contributed by atoms with Crippen LogP contribution in [0.3, 0.4) is 0 Å². The molecule has 0 aliphatic carbocycles. The highest BCUT2D eigenvalue weighted by Gasteiger charge is 2.34. The molecule has 20 heavy (non-hydrogen) atoms. The van der Waals surface area contributed by atoms with Gasteiger partial charge in [-0.15, -0.1) is 15.9 Å². The van der Waals surface area contributed by atoms with Crippen LogP contribution in [0.5, 0.6) is 5.88 Å². The maximum absolute atomic E-state index is 10.5. The van der Waals surface area contributed by atoms with Crippen molar-refractivity contribution in [1.29, 1.82) is 0 Å². The highest BCUT2D eigenvalue weighted by atomic mass is 32.2. The average Bonchev–Trinajstić information content (AvgIpc) is 3.04. The van der Waals surface area contributed by atoms with E-state index in [-0.39, 0.29) is 5.48 Å². The van der Waals surface area contributed by atoms with Crippen molar-refractivity contribution < 1.29 is 15.1 Å². The van der Waals surface area contributed by atoms with Gasteiger partial charge in [-0.2, -0.15) is 0 Å². The number of nitrogens with zero attached hydrogens (tertiary/aromatic N) is 1. The molecule has 0 bridgehead atoms. The van der Waals surface area contributed by atoms with Gasteiger partial charge in [0.15, 0.2) is 4.88 Å². The number of hydrogen-bond donors (Lipinski definition) is 1. The summed E-state index contributed by atoms with van der Waals surface area (Å²) in [6.07, 6.45) is 0. The van der Waals surface area contributed by atoms with Gasteiger partial charge >= 0.3 is 5.88 Å². The molecule has 2 aromatic heterocycles. The van der Waals surface area contributed by atoms with Crippen LogP contribution in [0.4, 0.5) is 0 Å². The first-order valence-corrected chi connectivity index (χ1v) is 8.54. The number of fused-ring (bicyclic) bond motifs is 3. The Kier molecular flexibility index (Phi) is 3.55. The maximum atomic E-state index is 10.5. The van der Waals surface area contributed by atoms with Crippen molar-refractivity contribution in [3.63, 3.8) is 0 Å². The molecule has 1 aliphatic rings. The number of rotatable bonds is 1. The zero-order valence-electron chi connectivity index (χ0n) is 10.3. The van der Waals surface area contributed by atoms with Crippen LogP contribution in [0.25, 0.3) is 20.3 Å². The van der Waals surface area contributed by atoms with Gasteiger partial charge in [-0.05, 0) is 11.4 Å². The Morgan fingerprint density at radius 1 is 1.05 bits per heavy atom. The molecule has 2 N–H and O–H groups in total. The fourth-order valence-corrected chi connectivity index (χ4v) is 5.77. The molecule has 1 aliphatic heterocycles. The lowest BCUT2D eigenvalue weighted by atomic mass is 10.2. The molecule has 0 spiro atoms. The first-order valence-electron chi connectivity index (χ1n) is 5.86. The predicted octanol–water partition coefficient (Wildman–Crippen LogP) is 4.02. The largest absolute Gasteiger partial charge is 0.870 e. The molecule has 0 saturated heterocycles. The van der Waals surface area contributed by atoms with E-state index in [0.29, 0.717) is 5.88 Å². The normalized spacial score (nSPS) is 12.4. The number of hydrogen-bond acceptors (Lipinski definition) is 5. The molecule has 0 unspecified atom stereocenters. The Hall–Kier alpha value is -1.34. The Bertz CT molecular complexity index is 749. The molecule has 0 fully saturated rings. The van der Waals surface area contributed by atoms with Gasteiger partial charge in [0.2, 0.25) is 5.88 Å². The lowest BCUT2D eigenvalue weighted by Gasteiger charge is -2.04. The van der Waals surface area contributed by atoms with Crippen molar-refractivity contribution in [3.8, 4) is 26.2 Å². The zero-order chi connectivity index (χ0) is 12.8. The number of benzene rings is 1. The summed E-state index contributed by atoms with van der Waals surface area (Å²) in [7, 11) is 0. The van der Waals surface area contributed by atoms with E-state index in [9.17, 15) is 5.11 Å². The lowest BCUT2D eigenvalue weighted by Crippen LogP contribution is -2.33. The maximum Gasteiger partial charge on any atom is 0.386 e. The average molecular weight is 321 g/mol. The van der Waals surface area contributed by atoms with E-state index >= 15 is 0 Å². The molecule has 4 rings (SSSR count). The van der Waals surface area contributed by atoms with Crippen LogP contribution in [0.15, 0.2) is 46.7 Å². The standard InChI is InChI=1S/C14H9NOS3.H2O/c16-13-11(9-4-2-1-3-5-9)19-14-12-10(6-7-17-12)18-8-15(13)14;/h1-7H,8H2;1H2. The second kappa shape index (κ2) is 5.21. The molecule has 0 atom stereocenters. The van der Waals surface area contributed by atoms with Crippen LogP contribution in [-0.4, -0.2) is 10.6 Å². The minimum absolute atomic E-state index is 0. The van der Waals surface area contributed by atoms with Gasteiger partial charge in [-0.1, -0.05) is 53.4 Å². The molecule has 3 aromatic rings. The van der Waals surface area contributed by atoms with Crippen molar-refractivity contribution in [2.75, 3.05) is 0 Å². The predicted molar refractivity (Wildman–Crippen MR) is 82.7 cm³/mol. The minimum Gasteiger partial charge on any atom is -0.870 e. The summed E-state index contributed by atoms with van der Waals surface area (Å²) in [5.41, 5.74) is 1.08. The number of thiazole rings is 1. The summed E-state index contributed by atoms with van der Waals surface area (Å²) in [6, 6.07) is 12.2. The van der Waals surface area contributed by atoms with Gasteiger partial charge in [-0.3, -0.25) is 0 Å². The Labute approximate surface area is 128 Å². The summed E-state index contributed by atoms with van der Waals surface area (Å²) in [5.74, 6) is 1.17. The van der Waals surface area contributed by atoms with Crippen molar-refractivity contribution >= 4 is 34.4 Å². The fraction of sp³-hybridized carbons (Fsp3) is 0.0714. The molecule has 0 radical (unpaired) electrons. The van der Waals surface area contributed by atoms with Gasteiger partial charge < -0.3 is 10.6 Å². The Morgan fingerprint density at radius 3 is 2.65 bits per heavy atom. The molecule has 3 heterocycles. The topological polar surface area (TPSA) is 54.1 Å². The first-order chi connectivity index (χ1) is 9.34. The van der Waals surface area contributed by atoms with E-state index in [1.807, 2.05) is 34.9 Å². The SMILES string of the molecule is Oc1c(-c2ccccc2)sc2[n+]1CSc1ccsc1-2.[OH-]. The second-order valence-corrected chi connectivity index (χ2v) is 7.14. The number of aromatic nitrogens is 1. The van der Waals surface area contributed by atoms with Crippen molar-refractivity contribution in [3.05, 3.63) is 41.8 Å². The molecule has 1 aromatic carbocycles. The van der Waals surface area contributed by atoms with Crippen molar-refractivity contribution in [2.45, 2.75) is 10.8 Å². The van der Waals surface area contributed by atoms with Crippen LogP contribution in [0, 0.1) is 0 Å². The highest BCUT2D eigenvalue weighted by molar-refractivity contribution is 7.98. The van der Waals surface area contributed by atoms with Gasteiger partial charge in [0, 0.05) is 10.5 Å². The molecule has 3 nitrogen and oxygen atoms in total. The van der Waals surface area contributed by atoms with Gasteiger partial charge in [0.25, 0.3) is 5.01 Å². The van der Waals surface area contributed by atoms with Crippen LogP contribution in [0.2, 0.25) is 0 Å². The molecule has 102 valence electrons. The van der Waals surface area contributed by atoms with E-state index in [1.165, 1.54) is 14.8 Å². The molecule has 0 saturated carbocycles. The van der Waals surface area contributed by atoms with Crippen LogP contribution >= 0.6 is 34.4 Å². The van der Waals surface area contributed by atoms with Crippen LogP contribution in [-0.2, 0) is 5.88 Å². The number of thioether (sulfide) groups is 1. The van der Waals surface area contributed by atoms with Crippen LogP contribution < -0.4 is 4.57 Å².